The largest absolute Gasteiger partial charge is 0.301 e. The predicted octanol–water partition coefficient (Wildman–Crippen LogP) is 2.06. The lowest BCUT2D eigenvalue weighted by Gasteiger charge is -2.41. The summed E-state index contributed by atoms with van der Waals surface area (Å²) in [4.78, 5) is 4.82. The second-order valence-corrected chi connectivity index (χ2v) is 5.27. The van der Waals surface area contributed by atoms with Gasteiger partial charge >= 0.3 is 0 Å². The minimum atomic E-state index is -2.35. The molecule has 0 aromatic rings. The zero-order valence-electron chi connectivity index (χ0n) is 10.1. The average Bonchev–Trinajstić information content (AvgIpc) is 2.18. The number of nitrogens with zero attached hydrogens (tertiary/aromatic N) is 2. The highest BCUT2D eigenvalue weighted by Crippen LogP contribution is 2.42. The van der Waals surface area contributed by atoms with Crippen molar-refractivity contribution in [1.29, 1.82) is 0 Å². The number of hydrogen-bond acceptors (Lipinski definition) is 2. The SMILES string of the molecule is CCCN1CCN(CC2CC(F)(F)C2)CC1. The van der Waals surface area contributed by atoms with Crippen molar-refractivity contribution in [3.05, 3.63) is 0 Å². The van der Waals surface area contributed by atoms with Gasteiger partial charge in [0.15, 0.2) is 0 Å². The summed E-state index contributed by atoms with van der Waals surface area (Å²) >= 11 is 0. The third-order valence-corrected chi connectivity index (χ3v) is 3.70. The predicted molar refractivity (Wildman–Crippen MR) is 60.8 cm³/mol. The van der Waals surface area contributed by atoms with Gasteiger partial charge in [0, 0.05) is 45.6 Å². The summed E-state index contributed by atoms with van der Waals surface area (Å²) in [6.45, 7) is 8.59. The average molecular weight is 232 g/mol. The van der Waals surface area contributed by atoms with Gasteiger partial charge in [0.1, 0.15) is 0 Å². The van der Waals surface area contributed by atoms with Crippen molar-refractivity contribution in [3.63, 3.8) is 0 Å². The smallest absolute Gasteiger partial charge is 0.248 e. The van der Waals surface area contributed by atoms with Crippen LogP contribution in [0, 0.1) is 5.92 Å². The van der Waals surface area contributed by atoms with Gasteiger partial charge in [-0.05, 0) is 18.9 Å². The highest BCUT2D eigenvalue weighted by atomic mass is 19.3. The Hall–Kier alpha value is -0.220. The third-order valence-electron chi connectivity index (χ3n) is 3.70. The van der Waals surface area contributed by atoms with Crippen LogP contribution in [-0.2, 0) is 0 Å². The van der Waals surface area contributed by atoms with E-state index < -0.39 is 5.92 Å². The summed E-state index contributed by atoms with van der Waals surface area (Å²) in [5, 5.41) is 0. The van der Waals surface area contributed by atoms with Gasteiger partial charge in [-0.25, -0.2) is 8.78 Å². The van der Waals surface area contributed by atoms with Gasteiger partial charge in [-0.15, -0.1) is 0 Å². The van der Waals surface area contributed by atoms with Crippen LogP contribution in [0.2, 0.25) is 0 Å². The highest BCUT2D eigenvalue weighted by Gasteiger charge is 2.45. The Morgan fingerprint density at radius 2 is 1.62 bits per heavy atom. The number of hydrogen-bond donors (Lipinski definition) is 0. The van der Waals surface area contributed by atoms with Crippen LogP contribution in [0.4, 0.5) is 8.78 Å². The lowest BCUT2D eigenvalue weighted by Crippen LogP contribution is -2.50. The molecule has 0 amide bonds. The maximum Gasteiger partial charge on any atom is 0.248 e. The second-order valence-electron chi connectivity index (χ2n) is 5.27. The molecule has 1 heterocycles. The zero-order valence-corrected chi connectivity index (χ0v) is 10.1. The van der Waals surface area contributed by atoms with E-state index in [1.165, 1.54) is 13.0 Å². The Labute approximate surface area is 96.6 Å². The van der Waals surface area contributed by atoms with Crippen LogP contribution in [0.25, 0.3) is 0 Å². The van der Waals surface area contributed by atoms with Crippen LogP contribution < -0.4 is 0 Å². The fourth-order valence-corrected chi connectivity index (χ4v) is 2.79. The van der Waals surface area contributed by atoms with E-state index in [-0.39, 0.29) is 18.8 Å². The monoisotopic (exact) mass is 232 g/mol. The molecule has 1 aliphatic heterocycles. The van der Waals surface area contributed by atoms with Crippen LogP contribution in [-0.4, -0.2) is 55.0 Å². The van der Waals surface area contributed by atoms with Gasteiger partial charge in [0.05, 0.1) is 0 Å². The van der Waals surface area contributed by atoms with E-state index in [1.54, 1.807) is 0 Å². The fraction of sp³-hybridized carbons (Fsp3) is 1.00. The lowest BCUT2D eigenvalue weighted by molar-refractivity contribution is -0.117. The maximum absolute atomic E-state index is 12.7. The first-order chi connectivity index (χ1) is 7.59. The van der Waals surface area contributed by atoms with Crippen molar-refractivity contribution in [3.8, 4) is 0 Å². The molecule has 2 fully saturated rings. The molecule has 1 saturated heterocycles. The zero-order chi connectivity index (χ0) is 11.6. The highest BCUT2D eigenvalue weighted by molar-refractivity contribution is 4.88. The molecule has 2 nitrogen and oxygen atoms in total. The Bertz CT molecular complexity index is 217. The number of halogens is 2. The lowest BCUT2D eigenvalue weighted by atomic mass is 9.81. The van der Waals surface area contributed by atoms with Crippen molar-refractivity contribution in [2.75, 3.05) is 39.3 Å². The minimum Gasteiger partial charge on any atom is -0.301 e. The molecule has 0 unspecified atom stereocenters. The first-order valence-electron chi connectivity index (χ1n) is 6.41. The van der Waals surface area contributed by atoms with Gasteiger partial charge in [0.2, 0.25) is 5.92 Å². The van der Waals surface area contributed by atoms with Gasteiger partial charge < -0.3 is 9.80 Å². The number of rotatable bonds is 4. The molecule has 0 N–H and O–H groups in total. The molecule has 0 aromatic carbocycles. The molecular formula is C12H22F2N2. The molecule has 1 aliphatic carbocycles. The Balaban J connectivity index is 1.63. The summed E-state index contributed by atoms with van der Waals surface area (Å²) in [7, 11) is 0. The molecule has 94 valence electrons. The molecule has 0 spiro atoms. The van der Waals surface area contributed by atoms with Crippen LogP contribution >= 0.6 is 0 Å². The van der Waals surface area contributed by atoms with Crippen molar-refractivity contribution in [1.82, 2.24) is 9.80 Å². The van der Waals surface area contributed by atoms with E-state index >= 15 is 0 Å². The van der Waals surface area contributed by atoms with Crippen LogP contribution in [0.3, 0.4) is 0 Å². The standard InChI is InChI=1S/C12H22F2N2/c1-2-3-15-4-6-16(7-5-15)10-11-8-12(13,14)9-11/h11H,2-10H2,1H3. The van der Waals surface area contributed by atoms with E-state index in [1.807, 2.05) is 0 Å². The van der Waals surface area contributed by atoms with Gasteiger partial charge in [-0.3, -0.25) is 0 Å². The van der Waals surface area contributed by atoms with E-state index in [2.05, 4.69) is 16.7 Å². The Morgan fingerprint density at radius 3 is 2.12 bits per heavy atom. The van der Waals surface area contributed by atoms with Gasteiger partial charge in [-0.2, -0.15) is 0 Å². The molecule has 0 radical (unpaired) electrons. The van der Waals surface area contributed by atoms with Crippen LogP contribution in [0.15, 0.2) is 0 Å². The van der Waals surface area contributed by atoms with Crippen molar-refractivity contribution >= 4 is 0 Å². The van der Waals surface area contributed by atoms with E-state index in [0.717, 1.165) is 32.7 Å². The van der Waals surface area contributed by atoms with Crippen LogP contribution in [0.1, 0.15) is 26.2 Å². The molecule has 1 saturated carbocycles. The van der Waals surface area contributed by atoms with Crippen molar-refractivity contribution in [2.45, 2.75) is 32.1 Å². The molecule has 2 rings (SSSR count). The third kappa shape index (κ3) is 3.14. The molecule has 0 bridgehead atoms. The first kappa shape index (κ1) is 12.2. The molecule has 16 heavy (non-hydrogen) atoms. The quantitative estimate of drug-likeness (QED) is 0.732. The molecule has 4 heteroatoms. The summed E-state index contributed by atoms with van der Waals surface area (Å²) in [6.07, 6.45) is 1.43. The van der Waals surface area contributed by atoms with E-state index in [0.29, 0.717) is 0 Å². The molecular weight excluding hydrogens is 210 g/mol. The van der Waals surface area contributed by atoms with Crippen molar-refractivity contribution < 1.29 is 8.78 Å². The van der Waals surface area contributed by atoms with Gasteiger partial charge in [-0.1, -0.05) is 6.92 Å². The first-order valence-corrected chi connectivity index (χ1v) is 6.41. The van der Waals surface area contributed by atoms with Crippen LogP contribution in [0.5, 0.6) is 0 Å². The molecule has 2 aliphatic rings. The summed E-state index contributed by atoms with van der Waals surface area (Å²) in [5.74, 6) is -2.11. The normalized spacial score (nSPS) is 27.9. The van der Waals surface area contributed by atoms with Crippen molar-refractivity contribution in [2.24, 2.45) is 5.92 Å². The van der Waals surface area contributed by atoms with E-state index in [9.17, 15) is 8.78 Å². The number of alkyl halides is 2. The minimum absolute atomic E-state index is 0.113. The Kier molecular flexibility index (Phi) is 3.80. The molecule has 0 atom stereocenters. The maximum atomic E-state index is 12.7. The molecule has 0 aromatic heterocycles. The fourth-order valence-electron chi connectivity index (χ4n) is 2.79. The second kappa shape index (κ2) is 4.96. The Morgan fingerprint density at radius 1 is 1.06 bits per heavy atom. The summed E-state index contributed by atoms with van der Waals surface area (Å²) in [5.41, 5.74) is 0. The van der Waals surface area contributed by atoms with Gasteiger partial charge in [0.25, 0.3) is 0 Å². The number of piperazine rings is 1. The summed E-state index contributed by atoms with van der Waals surface area (Å²) in [6, 6.07) is 0. The van der Waals surface area contributed by atoms with E-state index in [4.69, 9.17) is 0 Å². The summed E-state index contributed by atoms with van der Waals surface area (Å²) < 4.78 is 25.4. The topological polar surface area (TPSA) is 6.48 Å².